The van der Waals surface area contributed by atoms with Gasteiger partial charge in [0.25, 0.3) is 0 Å². The predicted molar refractivity (Wildman–Crippen MR) is 74.8 cm³/mol. The molecule has 20 heavy (non-hydrogen) atoms. The van der Waals surface area contributed by atoms with Gasteiger partial charge in [0.05, 0.1) is 11.1 Å². The average molecular weight is 272 g/mol. The smallest absolute Gasteiger partial charge is 0.348 e. The molecule has 0 bridgehead atoms. The summed E-state index contributed by atoms with van der Waals surface area (Å²) < 4.78 is 4.84. The van der Waals surface area contributed by atoms with Crippen molar-refractivity contribution >= 4 is 11.9 Å². The quantitative estimate of drug-likeness (QED) is 0.584. The van der Waals surface area contributed by atoms with Crippen LogP contribution in [0.5, 0.6) is 0 Å². The molecule has 2 rings (SSSR count). The first-order valence-corrected chi connectivity index (χ1v) is 6.35. The topological polar surface area (TPSA) is 95.4 Å². The highest BCUT2D eigenvalue weighted by Crippen LogP contribution is 2.18. The maximum atomic E-state index is 12.0. The molecule has 2 aliphatic rings. The van der Waals surface area contributed by atoms with Crippen molar-refractivity contribution in [3.8, 4) is 0 Å². The third kappa shape index (κ3) is 3.06. The summed E-state index contributed by atoms with van der Waals surface area (Å²) in [5.74, 6) is -1.51. The summed E-state index contributed by atoms with van der Waals surface area (Å²) in [6.07, 6.45) is 12.3. The molecule has 0 spiro atoms. The molecule has 0 aromatic rings. The molecule has 0 radical (unpaired) electrons. The highest BCUT2D eigenvalue weighted by atomic mass is 16.6. The number of nitrogens with two attached hydrogens (primary N) is 2. The van der Waals surface area contributed by atoms with Gasteiger partial charge in [-0.3, -0.25) is 0 Å². The van der Waals surface area contributed by atoms with E-state index in [1.54, 1.807) is 24.3 Å². The number of esters is 2. The Bertz CT molecular complexity index is 592. The van der Waals surface area contributed by atoms with Crippen molar-refractivity contribution in [2.75, 3.05) is 0 Å². The minimum atomic E-state index is -0.769. The van der Waals surface area contributed by atoms with Crippen LogP contribution in [0.15, 0.2) is 59.0 Å². The van der Waals surface area contributed by atoms with Crippen LogP contribution >= 0.6 is 0 Å². The standard InChI is InChI=1S/C15H16N2O3/c16-12-8-3-1-2-6-10(12)14(18)20-15(19)11-7-4-5-9-13(11)17/h1-2,6-9H,3-5,16-17H2. The molecule has 5 nitrogen and oxygen atoms in total. The molecule has 0 atom stereocenters. The molecular formula is C15H16N2O3. The molecule has 4 N–H and O–H groups in total. The van der Waals surface area contributed by atoms with Gasteiger partial charge in [-0.25, -0.2) is 9.59 Å². The van der Waals surface area contributed by atoms with Gasteiger partial charge < -0.3 is 16.2 Å². The van der Waals surface area contributed by atoms with Crippen LogP contribution in [-0.2, 0) is 14.3 Å². The molecule has 0 aromatic carbocycles. The summed E-state index contributed by atoms with van der Waals surface area (Å²) >= 11 is 0. The first-order chi connectivity index (χ1) is 9.59. The average Bonchev–Trinajstić information content (AvgIpc) is 2.63. The van der Waals surface area contributed by atoms with Gasteiger partial charge in [0.15, 0.2) is 0 Å². The number of carbonyl (C=O) groups is 2. The van der Waals surface area contributed by atoms with Crippen molar-refractivity contribution < 1.29 is 14.3 Å². The molecule has 0 aliphatic heterocycles. The largest absolute Gasteiger partial charge is 0.398 e. The normalized spacial score (nSPS) is 18.2. The number of carbonyl (C=O) groups excluding carboxylic acids is 2. The highest BCUT2D eigenvalue weighted by Gasteiger charge is 2.22. The van der Waals surface area contributed by atoms with Crippen LogP contribution in [-0.4, -0.2) is 11.9 Å². The van der Waals surface area contributed by atoms with Gasteiger partial charge in [-0.15, -0.1) is 0 Å². The van der Waals surface area contributed by atoms with Crippen LogP contribution in [0.25, 0.3) is 0 Å². The fraction of sp³-hybridized carbons (Fsp3) is 0.200. The monoisotopic (exact) mass is 272 g/mol. The number of rotatable bonds is 2. The van der Waals surface area contributed by atoms with E-state index in [4.69, 9.17) is 16.2 Å². The molecule has 5 heteroatoms. The van der Waals surface area contributed by atoms with Crippen molar-refractivity contribution in [3.63, 3.8) is 0 Å². The van der Waals surface area contributed by atoms with Gasteiger partial charge in [0, 0.05) is 11.4 Å². The fourth-order valence-electron chi connectivity index (χ4n) is 1.92. The van der Waals surface area contributed by atoms with E-state index in [9.17, 15) is 9.59 Å². The van der Waals surface area contributed by atoms with Crippen molar-refractivity contribution in [3.05, 3.63) is 59.0 Å². The number of allylic oxidation sites excluding steroid dienone is 6. The fourth-order valence-corrected chi connectivity index (χ4v) is 1.92. The minimum absolute atomic E-state index is 0.172. The van der Waals surface area contributed by atoms with E-state index < -0.39 is 11.9 Å². The summed E-state index contributed by atoms with van der Waals surface area (Å²) in [5.41, 5.74) is 12.5. The molecule has 0 saturated carbocycles. The molecule has 2 aliphatic carbocycles. The lowest BCUT2D eigenvalue weighted by molar-refractivity contribution is -0.153. The van der Waals surface area contributed by atoms with Crippen LogP contribution in [0, 0.1) is 0 Å². The van der Waals surface area contributed by atoms with E-state index >= 15 is 0 Å². The van der Waals surface area contributed by atoms with Crippen molar-refractivity contribution in [1.29, 1.82) is 0 Å². The molecule has 104 valence electrons. The Morgan fingerprint density at radius 1 is 0.950 bits per heavy atom. The summed E-state index contributed by atoms with van der Waals surface area (Å²) in [4.78, 5) is 23.9. The Morgan fingerprint density at radius 2 is 1.60 bits per heavy atom. The molecule has 0 fully saturated rings. The lowest BCUT2D eigenvalue weighted by Gasteiger charge is -2.12. The van der Waals surface area contributed by atoms with Gasteiger partial charge in [-0.05, 0) is 25.3 Å². The van der Waals surface area contributed by atoms with Crippen LogP contribution in [0.2, 0.25) is 0 Å². The SMILES string of the molecule is NC1=CCC=CC=C1C(=O)OC(=O)C1=CCCC=C1N. The zero-order valence-corrected chi connectivity index (χ0v) is 11.0. The molecule has 0 heterocycles. The molecule has 0 unspecified atom stereocenters. The molecular weight excluding hydrogens is 256 g/mol. The maximum Gasteiger partial charge on any atom is 0.348 e. The lowest BCUT2D eigenvalue weighted by atomic mass is 10.0. The summed E-state index contributed by atoms with van der Waals surface area (Å²) in [6.45, 7) is 0. The van der Waals surface area contributed by atoms with Crippen LogP contribution in [0.4, 0.5) is 0 Å². The predicted octanol–water partition coefficient (Wildman–Crippen LogP) is 1.35. The zero-order chi connectivity index (χ0) is 14.5. The second-order valence-electron chi connectivity index (χ2n) is 4.44. The van der Waals surface area contributed by atoms with E-state index in [0.717, 1.165) is 6.42 Å². The third-order valence-corrected chi connectivity index (χ3v) is 3.00. The van der Waals surface area contributed by atoms with Crippen molar-refractivity contribution in [1.82, 2.24) is 0 Å². The first kappa shape index (κ1) is 13.9. The van der Waals surface area contributed by atoms with E-state index in [-0.39, 0.29) is 11.1 Å². The molecule has 0 aromatic heterocycles. The van der Waals surface area contributed by atoms with E-state index in [1.165, 1.54) is 6.08 Å². The van der Waals surface area contributed by atoms with Crippen molar-refractivity contribution in [2.45, 2.75) is 19.3 Å². The van der Waals surface area contributed by atoms with E-state index in [2.05, 4.69) is 0 Å². The second kappa shape index (κ2) is 6.06. The summed E-state index contributed by atoms with van der Waals surface area (Å²) in [6, 6.07) is 0. The lowest BCUT2D eigenvalue weighted by Crippen LogP contribution is -2.22. The Morgan fingerprint density at radius 3 is 2.35 bits per heavy atom. The highest BCUT2D eigenvalue weighted by molar-refractivity contribution is 6.05. The number of hydrogen-bond acceptors (Lipinski definition) is 5. The molecule has 0 saturated heterocycles. The van der Waals surface area contributed by atoms with E-state index in [0.29, 0.717) is 24.2 Å². The number of ether oxygens (including phenoxy) is 1. The van der Waals surface area contributed by atoms with Gasteiger partial charge >= 0.3 is 11.9 Å². The first-order valence-electron chi connectivity index (χ1n) is 6.35. The Labute approximate surface area is 117 Å². The Kier molecular flexibility index (Phi) is 4.20. The van der Waals surface area contributed by atoms with Gasteiger partial charge in [-0.1, -0.05) is 30.4 Å². The molecule has 0 amide bonds. The Balaban J connectivity index is 2.10. The van der Waals surface area contributed by atoms with Crippen LogP contribution < -0.4 is 11.5 Å². The maximum absolute atomic E-state index is 12.0. The van der Waals surface area contributed by atoms with Crippen LogP contribution in [0.1, 0.15) is 19.3 Å². The van der Waals surface area contributed by atoms with Gasteiger partial charge in [0.1, 0.15) is 0 Å². The zero-order valence-electron chi connectivity index (χ0n) is 11.0. The van der Waals surface area contributed by atoms with Gasteiger partial charge in [-0.2, -0.15) is 0 Å². The summed E-state index contributed by atoms with van der Waals surface area (Å²) in [5, 5.41) is 0. The van der Waals surface area contributed by atoms with Crippen LogP contribution in [0.3, 0.4) is 0 Å². The second-order valence-corrected chi connectivity index (χ2v) is 4.44. The van der Waals surface area contributed by atoms with Crippen molar-refractivity contribution in [2.24, 2.45) is 11.5 Å². The minimum Gasteiger partial charge on any atom is -0.398 e. The van der Waals surface area contributed by atoms with E-state index in [1.807, 2.05) is 6.08 Å². The Hall–Kier alpha value is -2.56. The van der Waals surface area contributed by atoms with Gasteiger partial charge in [0.2, 0.25) is 0 Å². The summed E-state index contributed by atoms with van der Waals surface area (Å²) in [7, 11) is 0. The number of hydrogen-bond donors (Lipinski definition) is 2. The third-order valence-electron chi connectivity index (χ3n) is 3.00.